The molecule has 1 heterocycles. The largest absolute Gasteiger partial charge is 0.493 e. The lowest BCUT2D eigenvalue weighted by Gasteiger charge is -2.18. The van der Waals surface area contributed by atoms with Gasteiger partial charge >= 0.3 is 6.09 Å². The molecule has 0 saturated heterocycles. The molecule has 0 saturated carbocycles. The Labute approximate surface area is 156 Å². The highest BCUT2D eigenvalue weighted by molar-refractivity contribution is 6.30. The van der Waals surface area contributed by atoms with Crippen molar-refractivity contribution in [1.29, 1.82) is 0 Å². The Morgan fingerprint density at radius 1 is 1.04 bits per heavy atom. The minimum atomic E-state index is -0.563. The summed E-state index contributed by atoms with van der Waals surface area (Å²) < 4.78 is 10.6. The third-order valence-corrected chi connectivity index (χ3v) is 3.96. The van der Waals surface area contributed by atoms with Gasteiger partial charge in [-0.2, -0.15) is 0 Å². The molecule has 3 aromatic rings. The standard InChI is InChI=1S/C19H16ClN3O3/c1-23(19(24)26-18-9-15(20)6-7-17(18)25-2)16-5-3-4-13(8-16)14-10-21-12-22-11-14/h3-12H,1-2H3. The molecule has 0 fully saturated rings. The van der Waals surface area contributed by atoms with Gasteiger partial charge in [0.25, 0.3) is 0 Å². The molecular weight excluding hydrogens is 354 g/mol. The summed E-state index contributed by atoms with van der Waals surface area (Å²) in [4.78, 5) is 21.9. The number of nitrogens with zero attached hydrogens (tertiary/aromatic N) is 3. The first-order valence-electron chi connectivity index (χ1n) is 7.73. The number of rotatable bonds is 4. The van der Waals surface area contributed by atoms with Crippen molar-refractivity contribution in [2.24, 2.45) is 0 Å². The molecule has 1 aromatic heterocycles. The molecule has 0 radical (unpaired) electrons. The van der Waals surface area contributed by atoms with Crippen molar-refractivity contribution in [3.05, 3.63) is 66.2 Å². The summed E-state index contributed by atoms with van der Waals surface area (Å²) in [5.41, 5.74) is 2.41. The molecule has 7 heteroatoms. The number of amides is 1. The zero-order chi connectivity index (χ0) is 18.5. The highest BCUT2D eigenvalue weighted by Crippen LogP contribution is 2.31. The van der Waals surface area contributed by atoms with Gasteiger partial charge in [-0.25, -0.2) is 14.8 Å². The van der Waals surface area contributed by atoms with Crippen LogP contribution in [0.1, 0.15) is 0 Å². The van der Waals surface area contributed by atoms with Crippen LogP contribution in [-0.4, -0.2) is 30.2 Å². The SMILES string of the molecule is COc1ccc(Cl)cc1OC(=O)N(C)c1cccc(-c2cncnc2)c1. The normalized spacial score (nSPS) is 10.3. The van der Waals surface area contributed by atoms with E-state index in [-0.39, 0.29) is 5.75 Å². The van der Waals surface area contributed by atoms with E-state index in [0.717, 1.165) is 11.1 Å². The maximum Gasteiger partial charge on any atom is 0.419 e. The molecule has 0 aliphatic carbocycles. The minimum Gasteiger partial charge on any atom is -0.493 e. The van der Waals surface area contributed by atoms with Crippen LogP contribution in [0.3, 0.4) is 0 Å². The number of halogens is 1. The lowest BCUT2D eigenvalue weighted by Crippen LogP contribution is -2.29. The summed E-state index contributed by atoms with van der Waals surface area (Å²) in [6, 6.07) is 12.3. The number of carbonyl (C=O) groups is 1. The van der Waals surface area contributed by atoms with E-state index in [4.69, 9.17) is 21.1 Å². The zero-order valence-corrected chi connectivity index (χ0v) is 15.0. The predicted molar refractivity (Wildman–Crippen MR) is 99.9 cm³/mol. The molecule has 2 aromatic carbocycles. The number of methoxy groups -OCH3 is 1. The number of ether oxygens (including phenoxy) is 2. The Bertz CT molecular complexity index is 919. The van der Waals surface area contributed by atoms with Crippen LogP contribution in [0.4, 0.5) is 10.5 Å². The summed E-state index contributed by atoms with van der Waals surface area (Å²) in [7, 11) is 3.12. The van der Waals surface area contributed by atoms with Gasteiger partial charge in [0.15, 0.2) is 11.5 Å². The molecule has 6 nitrogen and oxygen atoms in total. The van der Waals surface area contributed by atoms with Crippen LogP contribution in [0.5, 0.6) is 11.5 Å². The molecular formula is C19H16ClN3O3. The average molecular weight is 370 g/mol. The van der Waals surface area contributed by atoms with Gasteiger partial charge in [0, 0.05) is 41.8 Å². The van der Waals surface area contributed by atoms with E-state index >= 15 is 0 Å². The smallest absolute Gasteiger partial charge is 0.419 e. The fraction of sp³-hybridized carbons (Fsp3) is 0.105. The van der Waals surface area contributed by atoms with Gasteiger partial charge in [0.05, 0.1) is 7.11 Å². The van der Waals surface area contributed by atoms with Crippen molar-refractivity contribution in [3.63, 3.8) is 0 Å². The lowest BCUT2D eigenvalue weighted by atomic mass is 10.1. The minimum absolute atomic E-state index is 0.254. The van der Waals surface area contributed by atoms with Crippen molar-refractivity contribution < 1.29 is 14.3 Å². The highest BCUT2D eigenvalue weighted by Gasteiger charge is 2.17. The summed E-state index contributed by atoms with van der Waals surface area (Å²) in [5.74, 6) is 0.677. The summed E-state index contributed by atoms with van der Waals surface area (Å²) >= 11 is 5.97. The third kappa shape index (κ3) is 3.92. The fourth-order valence-electron chi connectivity index (χ4n) is 2.34. The van der Waals surface area contributed by atoms with E-state index in [2.05, 4.69) is 9.97 Å². The molecule has 0 spiro atoms. The van der Waals surface area contributed by atoms with Crippen LogP contribution < -0.4 is 14.4 Å². The van der Waals surface area contributed by atoms with E-state index in [9.17, 15) is 4.79 Å². The van der Waals surface area contributed by atoms with Gasteiger partial charge in [-0.1, -0.05) is 23.7 Å². The quantitative estimate of drug-likeness (QED) is 0.680. The molecule has 3 rings (SSSR count). The summed E-state index contributed by atoms with van der Waals surface area (Å²) in [6.07, 6.45) is 4.32. The van der Waals surface area contributed by atoms with Crippen LogP contribution >= 0.6 is 11.6 Å². The number of benzene rings is 2. The Kier molecular flexibility index (Phi) is 5.34. The maximum atomic E-state index is 12.5. The first-order valence-corrected chi connectivity index (χ1v) is 8.11. The molecule has 132 valence electrons. The average Bonchev–Trinajstić information content (AvgIpc) is 2.68. The highest BCUT2D eigenvalue weighted by atomic mass is 35.5. The van der Waals surface area contributed by atoms with Crippen LogP contribution in [0.25, 0.3) is 11.1 Å². The van der Waals surface area contributed by atoms with E-state index in [0.29, 0.717) is 16.5 Å². The molecule has 0 bridgehead atoms. The molecule has 0 atom stereocenters. The number of anilines is 1. The Morgan fingerprint density at radius 2 is 1.81 bits per heavy atom. The zero-order valence-electron chi connectivity index (χ0n) is 14.2. The van der Waals surface area contributed by atoms with Gasteiger partial charge < -0.3 is 9.47 Å². The Balaban J connectivity index is 1.82. The first kappa shape index (κ1) is 17.7. The maximum absolute atomic E-state index is 12.5. The summed E-state index contributed by atoms with van der Waals surface area (Å²) in [5, 5.41) is 0.447. The van der Waals surface area contributed by atoms with Crippen molar-refractivity contribution in [2.75, 3.05) is 19.1 Å². The van der Waals surface area contributed by atoms with Gasteiger partial charge in [-0.05, 0) is 29.8 Å². The molecule has 0 N–H and O–H groups in total. The van der Waals surface area contributed by atoms with E-state index in [1.165, 1.54) is 24.4 Å². The van der Waals surface area contributed by atoms with Crippen LogP contribution in [0, 0.1) is 0 Å². The van der Waals surface area contributed by atoms with Gasteiger partial charge in [0.2, 0.25) is 0 Å². The van der Waals surface area contributed by atoms with E-state index in [1.807, 2.05) is 24.3 Å². The number of hydrogen-bond acceptors (Lipinski definition) is 5. The van der Waals surface area contributed by atoms with Gasteiger partial charge in [-0.15, -0.1) is 0 Å². The molecule has 0 unspecified atom stereocenters. The first-order chi connectivity index (χ1) is 12.6. The second kappa shape index (κ2) is 7.84. The molecule has 1 amide bonds. The lowest BCUT2D eigenvalue weighted by molar-refractivity contribution is 0.207. The number of hydrogen-bond donors (Lipinski definition) is 0. The van der Waals surface area contributed by atoms with Crippen molar-refractivity contribution >= 4 is 23.4 Å². The topological polar surface area (TPSA) is 64.6 Å². The Hall–Kier alpha value is -3.12. The predicted octanol–water partition coefficient (Wildman–Crippen LogP) is 4.44. The second-order valence-electron chi connectivity index (χ2n) is 5.40. The summed E-state index contributed by atoms with van der Waals surface area (Å²) in [6.45, 7) is 0. The second-order valence-corrected chi connectivity index (χ2v) is 5.84. The number of aromatic nitrogens is 2. The van der Waals surface area contributed by atoms with E-state index < -0.39 is 6.09 Å². The van der Waals surface area contributed by atoms with Crippen molar-refractivity contribution in [3.8, 4) is 22.6 Å². The van der Waals surface area contributed by atoms with E-state index in [1.54, 1.807) is 31.6 Å². The van der Waals surface area contributed by atoms with Crippen LogP contribution in [0.2, 0.25) is 5.02 Å². The van der Waals surface area contributed by atoms with Gasteiger partial charge in [0.1, 0.15) is 6.33 Å². The molecule has 0 aliphatic rings. The number of carbonyl (C=O) groups excluding carboxylic acids is 1. The van der Waals surface area contributed by atoms with Gasteiger partial charge in [-0.3, -0.25) is 4.90 Å². The van der Waals surface area contributed by atoms with Crippen LogP contribution in [-0.2, 0) is 0 Å². The van der Waals surface area contributed by atoms with Crippen LogP contribution in [0.15, 0.2) is 61.2 Å². The van der Waals surface area contributed by atoms with Crippen molar-refractivity contribution in [1.82, 2.24) is 9.97 Å². The molecule has 26 heavy (non-hydrogen) atoms. The fourth-order valence-corrected chi connectivity index (χ4v) is 2.50. The molecule has 0 aliphatic heterocycles. The monoisotopic (exact) mass is 369 g/mol. The van der Waals surface area contributed by atoms with Crippen molar-refractivity contribution in [2.45, 2.75) is 0 Å². The Morgan fingerprint density at radius 3 is 2.54 bits per heavy atom. The third-order valence-electron chi connectivity index (χ3n) is 3.72.